The van der Waals surface area contributed by atoms with Gasteiger partial charge in [-0.25, -0.2) is 0 Å². The zero-order valence-electron chi connectivity index (χ0n) is 9.20. The van der Waals surface area contributed by atoms with E-state index in [4.69, 9.17) is 0 Å². The Morgan fingerprint density at radius 1 is 1.14 bits per heavy atom. The predicted molar refractivity (Wildman–Crippen MR) is 59.4 cm³/mol. The summed E-state index contributed by atoms with van der Waals surface area (Å²) in [6, 6.07) is 7.88. The van der Waals surface area contributed by atoms with Crippen LogP contribution in [0.3, 0.4) is 0 Å². The van der Waals surface area contributed by atoms with Crippen molar-refractivity contribution in [1.82, 2.24) is 4.90 Å². The summed E-state index contributed by atoms with van der Waals surface area (Å²) in [5.41, 5.74) is 1.26. The summed E-state index contributed by atoms with van der Waals surface area (Å²) in [6.45, 7) is 8.64. The molecule has 2 nitrogen and oxygen atoms in total. The highest BCUT2D eigenvalue weighted by Gasteiger charge is 2.11. The van der Waals surface area contributed by atoms with Gasteiger partial charge in [0.1, 0.15) is 5.75 Å². The van der Waals surface area contributed by atoms with E-state index in [-0.39, 0.29) is 0 Å². The molecule has 0 aliphatic carbocycles. The second-order valence-electron chi connectivity index (χ2n) is 3.49. The fourth-order valence-electron chi connectivity index (χ4n) is 1.73. The van der Waals surface area contributed by atoms with E-state index in [0.717, 1.165) is 13.1 Å². The topological polar surface area (TPSA) is 23.5 Å². The fraction of sp³-hybridized carbons (Fsp3) is 0.500. The van der Waals surface area contributed by atoms with Crippen LogP contribution in [0.5, 0.6) is 5.75 Å². The highest BCUT2D eigenvalue weighted by Crippen LogP contribution is 2.21. The van der Waals surface area contributed by atoms with Gasteiger partial charge in [0.05, 0.1) is 0 Å². The van der Waals surface area contributed by atoms with Crippen LogP contribution >= 0.6 is 0 Å². The molecule has 0 aliphatic heterocycles. The highest BCUT2D eigenvalue weighted by atomic mass is 16.3. The van der Waals surface area contributed by atoms with Crippen molar-refractivity contribution in [3.63, 3.8) is 0 Å². The number of hydrogen-bond donors (Lipinski definition) is 1. The largest absolute Gasteiger partial charge is 0.508 e. The molecule has 0 aliphatic rings. The molecule has 0 bridgehead atoms. The van der Waals surface area contributed by atoms with Gasteiger partial charge in [-0.3, -0.25) is 4.90 Å². The normalized spacial score (nSPS) is 13.1. The molecule has 0 fully saturated rings. The van der Waals surface area contributed by atoms with E-state index in [1.54, 1.807) is 12.1 Å². The molecule has 0 amide bonds. The maximum Gasteiger partial charge on any atom is 0.115 e. The maximum absolute atomic E-state index is 9.18. The first kappa shape index (κ1) is 11.1. The molecular weight excluding hydrogens is 174 g/mol. The summed E-state index contributed by atoms with van der Waals surface area (Å²) in [6.07, 6.45) is 0. The molecular formula is C12H19NO. The Labute approximate surface area is 86.2 Å². The lowest BCUT2D eigenvalue weighted by Crippen LogP contribution is -2.26. The Morgan fingerprint density at radius 3 is 2.07 bits per heavy atom. The van der Waals surface area contributed by atoms with Crippen LogP contribution in [-0.2, 0) is 0 Å². The summed E-state index contributed by atoms with van der Waals surface area (Å²) < 4.78 is 0. The van der Waals surface area contributed by atoms with E-state index in [1.807, 2.05) is 12.1 Å². The van der Waals surface area contributed by atoms with Crippen molar-refractivity contribution in [3.05, 3.63) is 29.8 Å². The predicted octanol–water partition coefficient (Wildman–Crippen LogP) is 2.80. The third-order valence-electron chi connectivity index (χ3n) is 2.74. The van der Waals surface area contributed by atoms with Gasteiger partial charge < -0.3 is 5.11 Å². The summed E-state index contributed by atoms with van der Waals surface area (Å²) in [7, 11) is 0. The summed E-state index contributed by atoms with van der Waals surface area (Å²) in [5, 5.41) is 9.18. The first-order valence-electron chi connectivity index (χ1n) is 5.22. The minimum atomic E-state index is 0.334. The Balaban J connectivity index is 2.77. The molecule has 0 saturated heterocycles. The van der Waals surface area contributed by atoms with Crippen LogP contribution in [0.15, 0.2) is 24.3 Å². The lowest BCUT2D eigenvalue weighted by Gasteiger charge is -2.26. The van der Waals surface area contributed by atoms with E-state index in [2.05, 4.69) is 25.7 Å². The number of nitrogens with zero attached hydrogens (tertiary/aromatic N) is 1. The van der Waals surface area contributed by atoms with Crippen molar-refractivity contribution in [1.29, 1.82) is 0 Å². The minimum Gasteiger partial charge on any atom is -0.508 e. The molecule has 2 heteroatoms. The number of phenols is 1. The van der Waals surface area contributed by atoms with Crippen LogP contribution in [-0.4, -0.2) is 23.1 Å². The molecule has 14 heavy (non-hydrogen) atoms. The SMILES string of the molecule is CCN(CC)C(C)c1ccc(O)cc1. The molecule has 1 aromatic carbocycles. The molecule has 1 aromatic rings. The first-order valence-corrected chi connectivity index (χ1v) is 5.22. The minimum absolute atomic E-state index is 0.334. The molecule has 1 rings (SSSR count). The molecule has 1 atom stereocenters. The summed E-state index contributed by atoms with van der Waals surface area (Å²) >= 11 is 0. The quantitative estimate of drug-likeness (QED) is 0.794. The van der Waals surface area contributed by atoms with Gasteiger partial charge in [-0.1, -0.05) is 26.0 Å². The summed E-state index contributed by atoms with van der Waals surface area (Å²) in [4.78, 5) is 2.38. The highest BCUT2D eigenvalue weighted by molar-refractivity contribution is 5.27. The Morgan fingerprint density at radius 2 is 1.64 bits per heavy atom. The van der Waals surface area contributed by atoms with E-state index < -0.39 is 0 Å². The number of rotatable bonds is 4. The molecule has 78 valence electrons. The van der Waals surface area contributed by atoms with Gasteiger partial charge >= 0.3 is 0 Å². The van der Waals surface area contributed by atoms with Crippen LogP contribution in [0, 0.1) is 0 Å². The average molecular weight is 193 g/mol. The molecule has 0 aromatic heterocycles. The van der Waals surface area contributed by atoms with Gasteiger partial charge in [-0.05, 0) is 37.7 Å². The second-order valence-corrected chi connectivity index (χ2v) is 3.49. The van der Waals surface area contributed by atoms with Gasteiger partial charge in [0.2, 0.25) is 0 Å². The molecule has 1 N–H and O–H groups in total. The van der Waals surface area contributed by atoms with Crippen LogP contribution in [0.25, 0.3) is 0 Å². The molecule has 0 spiro atoms. The second kappa shape index (κ2) is 5.01. The molecule has 1 unspecified atom stereocenters. The lowest BCUT2D eigenvalue weighted by atomic mass is 10.1. The first-order chi connectivity index (χ1) is 6.69. The maximum atomic E-state index is 9.18. The van der Waals surface area contributed by atoms with E-state index in [9.17, 15) is 5.11 Å². The van der Waals surface area contributed by atoms with Crippen molar-refractivity contribution in [3.8, 4) is 5.75 Å². The van der Waals surface area contributed by atoms with Gasteiger partial charge in [0.25, 0.3) is 0 Å². The van der Waals surface area contributed by atoms with Gasteiger partial charge in [0, 0.05) is 6.04 Å². The monoisotopic (exact) mass is 193 g/mol. The van der Waals surface area contributed by atoms with Gasteiger partial charge in [-0.2, -0.15) is 0 Å². The smallest absolute Gasteiger partial charge is 0.115 e. The number of hydrogen-bond acceptors (Lipinski definition) is 2. The zero-order valence-corrected chi connectivity index (χ0v) is 9.20. The number of phenolic OH excluding ortho intramolecular Hbond substituents is 1. The molecule has 0 radical (unpaired) electrons. The summed E-state index contributed by atoms with van der Waals surface area (Å²) in [5.74, 6) is 0.334. The Kier molecular flexibility index (Phi) is 3.96. The van der Waals surface area contributed by atoms with Gasteiger partial charge in [0.15, 0.2) is 0 Å². The molecule has 0 heterocycles. The van der Waals surface area contributed by atoms with Crippen LogP contribution in [0.2, 0.25) is 0 Å². The zero-order chi connectivity index (χ0) is 10.6. The van der Waals surface area contributed by atoms with Crippen molar-refractivity contribution in [2.24, 2.45) is 0 Å². The van der Waals surface area contributed by atoms with Gasteiger partial charge in [-0.15, -0.1) is 0 Å². The van der Waals surface area contributed by atoms with Crippen LogP contribution in [0.1, 0.15) is 32.4 Å². The van der Waals surface area contributed by atoms with E-state index in [0.29, 0.717) is 11.8 Å². The third-order valence-corrected chi connectivity index (χ3v) is 2.74. The average Bonchev–Trinajstić information content (AvgIpc) is 2.20. The Bertz CT molecular complexity index is 264. The van der Waals surface area contributed by atoms with E-state index >= 15 is 0 Å². The Hall–Kier alpha value is -1.02. The lowest BCUT2D eigenvalue weighted by molar-refractivity contribution is 0.234. The van der Waals surface area contributed by atoms with Crippen molar-refractivity contribution >= 4 is 0 Å². The van der Waals surface area contributed by atoms with E-state index in [1.165, 1.54) is 5.56 Å². The molecule has 0 saturated carbocycles. The van der Waals surface area contributed by atoms with Crippen LogP contribution < -0.4 is 0 Å². The number of benzene rings is 1. The van der Waals surface area contributed by atoms with Crippen molar-refractivity contribution in [2.45, 2.75) is 26.8 Å². The standard InChI is InChI=1S/C12H19NO/c1-4-13(5-2)10(3)11-6-8-12(14)9-7-11/h6-10,14H,4-5H2,1-3H3. The van der Waals surface area contributed by atoms with Crippen LogP contribution in [0.4, 0.5) is 0 Å². The number of aromatic hydroxyl groups is 1. The van der Waals surface area contributed by atoms with Crippen molar-refractivity contribution < 1.29 is 5.11 Å². The fourth-order valence-corrected chi connectivity index (χ4v) is 1.73. The van der Waals surface area contributed by atoms with Crippen molar-refractivity contribution in [2.75, 3.05) is 13.1 Å². The third kappa shape index (κ3) is 2.48.